The SMILES string of the molecule is Cc1c(C)c(O)c(C(F)(F)CCS(=O)(=O)O)c(C(F)(F)F)c1O. The summed E-state index contributed by atoms with van der Waals surface area (Å²) >= 11 is 0. The number of halogens is 5. The first-order valence-electron chi connectivity index (χ1n) is 6.05. The molecule has 0 aliphatic rings. The van der Waals surface area contributed by atoms with Crippen LogP contribution >= 0.6 is 0 Å². The third-order valence-corrected chi connectivity index (χ3v) is 4.04. The Morgan fingerprint density at radius 1 is 0.913 bits per heavy atom. The summed E-state index contributed by atoms with van der Waals surface area (Å²) in [5.74, 6) is -8.85. The highest BCUT2D eigenvalue weighted by Gasteiger charge is 2.48. The quantitative estimate of drug-likeness (QED) is 0.434. The molecule has 0 radical (unpaired) electrons. The van der Waals surface area contributed by atoms with E-state index in [1.54, 1.807) is 0 Å². The molecule has 0 heterocycles. The zero-order chi connectivity index (χ0) is 18.4. The molecule has 0 unspecified atom stereocenters. The van der Waals surface area contributed by atoms with Gasteiger partial charge in [-0.05, 0) is 25.0 Å². The van der Waals surface area contributed by atoms with Crippen LogP contribution in [0.2, 0.25) is 0 Å². The summed E-state index contributed by atoms with van der Waals surface area (Å²) < 4.78 is 96.9. The van der Waals surface area contributed by atoms with E-state index in [2.05, 4.69) is 0 Å². The zero-order valence-corrected chi connectivity index (χ0v) is 12.7. The maximum absolute atomic E-state index is 14.1. The van der Waals surface area contributed by atoms with Crippen molar-refractivity contribution in [3.05, 3.63) is 22.3 Å². The number of rotatable bonds is 4. The Labute approximate surface area is 128 Å². The second kappa shape index (κ2) is 5.78. The Morgan fingerprint density at radius 2 is 1.30 bits per heavy atom. The Bertz CT molecular complexity index is 725. The van der Waals surface area contributed by atoms with E-state index in [-0.39, 0.29) is 0 Å². The van der Waals surface area contributed by atoms with E-state index in [1.165, 1.54) is 0 Å². The fraction of sp³-hybridized carbons (Fsp3) is 0.500. The number of aromatic hydroxyl groups is 2. The molecule has 0 spiro atoms. The first kappa shape index (κ1) is 19.4. The highest BCUT2D eigenvalue weighted by atomic mass is 32.2. The van der Waals surface area contributed by atoms with Crippen molar-refractivity contribution in [1.29, 1.82) is 0 Å². The summed E-state index contributed by atoms with van der Waals surface area (Å²) in [7, 11) is -4.86. The molecular formula is C12H13F5O5S. The molecule has 3 N–H and O–H groups in total. The van der Waals surface area contributed by atoms with Gasteiger partial charge in [-0.1, -0.05) is 0 Å². The topological polar surface area (TPSA) is 94.8 Å². The van der Waals surface area contributed by atoms with Crippen molar-refractivity contribution < 1.29 is 45.1 Å². The van der Waals surface area contributed by atoms with Crippen LogP contribution in [0.5, 0.6) is 11.5 Å². The molecule has 11 heteroatoms. The van der Waals surface area contributed by atoms with Crippen LogP contribution in [0.4, 0.5) is 22.0 Å². The first-order chi connectivity index (χ1) is 10.1. The van der Waals surface area contributed by atoms with Crippen molar-refractivity contribution in [3.63, 3.8) is 0 Å². The molecule has 0 amide bonds. The van der Waals surface area contributed by atoms with Crippen molar-refractivity contribution >= 4 is 10.1 Å². The van der Waals surface area contributed by atoms with Gasteiger partial charge >= 0.3 is 6.18 Å². The molecule has 0 bridgehead atoms. The van der Waals surface area contributed by atoms with Gasteiger partial charge in [0.25, 0.3) is 16.0 Å². The van der Waals surface area contributed by atoms with Crippen molar-refractivity contribution in [2.75, 3.05) is 5.75 Å². The van der Waals surface area contributed by atoms with Gasteiger partial charge in [0.2, 0.25) is 0 Å². The van der Waals surface area contributed by atoms with Crippen molar-refractivity contribution in [3.8, 4) is 11.5 Å². The average molecular weight is 364 g/mol. The van der Waals surface area contributed by atoms with Gasteiger partial charge in [-0.25, -0.2) is 8.78 Å². The zero-order valence-electron chi connectivity index (χ0n) is 11.9. The van der Waals surface area contributed by atoms with E-state index >= 15 is 0 Å². The van der Waals surface area contributed by atoms with Crippen LogP contribution in [0.15, 0.2) is 0 Å². The molecule has 23 heavy (non-hydrogen) atoms. The molecule has 0 saturated heterocycles. The maximum atomic E-state index is 14.1. The Kier molecular flexibility index (Phi) is 4.88. The van der Waals surface area contributed by atoms with Gasteiger partial charge in [0, 0.05) is 6.42 Å². The molecule has 0 aliphatic carbocycles. The summed E-state index contributed by atoms with van der Waals surface area (Å²) in [5, 5.41) is 19.3. The van der Waals surface area contributed by atoms with E-state index in [4.69, 9.17) is 4.55 Å². The fourth-order valence-corrected chi connectivity index (χ4v) is 2.50. The predicted molar refractivity (Wildman–Crippen MR) is 69.2 cm³/mol. The van der Waals surface area contributed by atoms with Crippen LogP contribution < -0.4 is 0 Å². The molecule has 1 rings (SSSR count). The largest absolute Gasteiger partial charge is 0.507 e. The number of hydrogen-bond donors (Lipinski definition) is 3. The highest BCUT2D eigenvalue weighted by Crippen LogP contribution is 2.51. The van der Waals surface area contributed by atoms with Crippen molar-refractivity contribution in [2.45, 2.75) is 32.4 Å². The predicted octanol–water partition coefficient (Wildman–Crippen LogP) is 3.10. The van der Waals surface area contributed by atoms with E-state index in [1.807, 2.05) is 0 Å². The van der Waals surface area contributed by atoms with Gasteiger partial charge in [-0.3, -0.25) is 4.55 Å². The van der Waals surface area contributed by atoms with E-state index in [0.29, 0.717) is 0 Å². The smallest absolute Gasteiger partial charge is 0.420 e. The van der Waals surface area contributed by atoms with E-state index < -0.39 is 68.1 Å². The Balaban J connectivity index is 3.68. The Hall–Kier alpha value is -1.62. The maximum Gasteiger partial charge on any atom is 0.420 e. The monoisotopic (exact) mass is 364 g/mol. The number of hydrogen-bond acceptors (Lipinski definition) is 4. The number of phenolic OH excluding ortho intramolecular Hbond substituents is 2. The summed E-state index contributed by atoms with van der Waals surface area (Å²) in [4.78, 5) is 0. The van der Waals surface area contributed by atoms with Crippen LogP contribution in [0.3, 0.4) is 0 Å². The van der Waals surface area contributed by atoms with Crippen LogP contribution in [-0.2, 0) is 22.2 Å². The summed E-state index contributed by atoms with van der Waals surface area (Å²) in [6, 6.07) is 0. The van der Waals surface area contributed by atoms with E-state index in [0.717, 1.165) is 13.8 Å². The first-order valence-corrected chi connectivity index (χ1v) is 7.66. The van der Waals surface area contributed by atoms with Gasteiger partial charge in [0.1, 0.15) is 17.1 Å². The third-order valence-electron chi connectivity index (χ3n) is 3.32. The van der Waals surface area contributed by atoms with Gasteiger partial charge in [-0.2, -0.15) is 21.6 Å². The highest BCUT2D eigenvalue weighted by molar-refractivity contribution is 7.85. The van der Waals surface area contributed by atoms with Crippen LogP contribution in [-0.4, -0.2) is 28.9 Å². The van der Waals surface area contributed by atoms with E-state index in [9.17, 15) is 40.6 Å². The van der Waals surface area contributed by atoms with Gasteiger partial charge in [-0.15, -0.1) is 0 Å². The molecular weight excluding hydrogens is 351 g/mol. The van der Waals surface area contributed by atoms with Crippen molar-refractivity contribution in [1.82, 2.24) is 0 Å². The Morgan fingerprint density at radius 3 is 1.65 bits per heavy atom. The third kappa shape index (κ3) is 4.02. The molecule has 0 saturated carbocycles. The molecule has 0 atom stereocenters. The summed E-state index contributed by atoms with van der Waals surface area (Å²) in [5.41, 5.74) is -4.91. The molecule has 0 aliphatic heterocycles. The number of phenols is 2. The minimum Gasteiger partial charge on any atom is -0.507 e. The van der Waals surface area contributed by atoms with Gasteiger partial charge < -0.3 is 10.2 Å². The van der Waals surface area contributed by atoms with Crippen LogP contribution in [0, 0.1) is 13.8 Å². The minimum atomic E-state index is -5.42. The lowest BCUT2D eigenvalue weighted by molar-refractivity contribution is -0.143. The normalized spacial score (nSPS) is 13.4. The molecule has 132 valence electrons. The fourth-order valence-electron chi connectivity index (χ4n) is 1.98. The standard InChI is InChI=1S/C12H13F5O5S/c1-5-6(2)10(19)8(12(15,16)17)7(9(5)18)11(13,14)3-4-23(20,21)22/h18-19H,3-4H2,1-2H3,(H,20,21,22). The number of benzene rings is 1. The molecule has 1 aromatic rings. The van der Waals surface area contributed by atoms with Crippen molar-refractivity contribution in [2.24, 2.45) is 0 Å². The lowest BCUT2D eigenvalue weighted by Gasteiger charge is -2.25. The lowest BCUT2D eigenvalue weighted by atomic mass is 9.91. The average Bonchev–Trinajstić information content (AvgIpc) is 2.35. The molecule has 1 aromatic carbocycles. The van der Waals surface area contributed by atoms with Crippen LogP contribution in [0.25, 0.3) is 0 Å². The van der Waals surface area contributed by atoms with Gasteiger partial charge in [0.05, 0.1) is 11.3 Å². The van der Waals surface area contributed by atoms with Crippen LogP contribution in [0.1, 0.15) is 28.7 Å². The molecule has 0 aromatic heterocycles. The molecule has 0 fully saturated rings. The minimum absolute atomic E-state index is 0.406. The molecule has 5 nitrogen and oxygen atoms in total. The second-order valence-electron chi connectivity index (χ2n) is 4.94. The summed E-state index contributed by atoms with van der Waals surface area (Å²) in [6.07, 6.45) is -7.12. The lowest BCUT2D eigenvalue weighted by Crippen LogP contribution is -2.24. The van der Waals surface area contributed by atoms with Gasteiger partial charge in [0.15, 0.2) is 0 Å². The second-order valence-corrected chi connectivity index (χ2v) is 6.51. The summed E-state index contributed by atoms with van der Waals surface area (Å²) in [6.45, 7) is 2.02. The number of alkyl halides is 5.